The monoisotopic (exact) mass is 234 g/mol. The summed E-state index contributed by atoms with van der Waals surface area (Å²) in [5.41, 5.74) is 0.946. The van der Waals surface area contributed by atoms with E-state index >= 15 is 0 Å². The molecule has 1 unspecified atom stereocenters. The van der Waals surface area contributed by atoms with E-state index < -0.39 is 0 Å². The van der Waals surface area contributed by atoms with Crippen molar-refractivity contribution in [2.24, 2.45) is 5.41 Å². The number of aromatic nitrogens is 2. The van der Waals surface area contributed by atoms with Crippen LogP contribution in [0.15, 0.2) is 30.4 Å². The summed E-state index contributed by atoms with van der Waals surface area (Å²) in [7, 11) is 0. The third-order valence-electron chi connectivity index (χ3n) is 3.26. The lowest BCUT2D eigenvalue weighted by atomic mass is 9.80. The van der Waals surface area contributed by atoms with Gasteiger partial charge in [0.15, 0.2) is 0 Å². The second kappa shape index (κ2) is 5.80. The summed E-state index contributed by atoms with van der Waals surface area (Å²) in [5.74, 6) is 0.126. The molecule has 0 aromatic carbocycles. The maximum absolute atomic E-state index is 12.4. The summed E-state index contributed by atoms with van der Waals surface area (Å²) in [6.45, 7) is 8.31. The van der Waals surface area contributed by atoms with E-state index in [1.165, 1.54) is 5.57 Å². The average Bonchev–Trinajstić information content (AvgIpc) is 2.81. The molecule has 3 nitrogen and oxygen atoms in total. The second-order valence-corrected chi connectivity index (χ2v) is 4.82. The number of rotatable bonds is 5. The SMILES string of the molecule is CCC=C(C)CC(C)(CC)C(=O)n1ccnc1. The highest BCUT2D eigenvalue weighted by atomic mass is 16.2. The molecule has 0 amide bonds. The van der Waals surface area contributed by atoms with Gasteiger partial charge in [-0.2, -0.15) is 0 Å². The first-order chi connectivity index (χ1) is 8.03. The van der Waals surface area contributed by atoms with Crippen LogP contribution in [0.5, 0.6) is 0 Å². The molecular formula is C14H22N2O. The number of nitrogens with zero attached hydrogens (tertiary/aromatic N) is 2. The van der Waals surface area contributed by atoms with Crippen LogP contribution in [-0.4, -0.2) is 15.5 Å². The summed E-state index contributed by atoms with van der Waals surface area (Å²) in [6.07, 6.45) is 9.79. The van der Waals surface area contributed by atoms with Crippen molar-refractivity contribution in [3.63, 3.8) is 0 Å². The Morgan fingerprint density at radius 2 is 2.18 bits per heavy atom. The van der Waals surface area contributed by atoms with E-state index in [-0.39, 0.29) is 11.3 Å². The molecule has 1 aromatic rings. The van der Waals surface area contributed by atoms with E-state index in [0.29, 0.717) is 0 Å². The van der Waals surface area contributed by atoms with Crippen LogP contribution < -0.4 is 0 Å². The predicted molar refractivity (Wildman–Crippen MR) is 69.9 cm³/mol. The van der Waals surface area contributed by atoms with Gasteiger partial charge in [-0.1, -0.05) is 32.4 Å². The predicted octanol–water partition coefficient (Wildman–Crippen LogP) is 3.69. The van der Waals surface area contributed by atoms with Crippen LogP contribution >= 0.6 is 0 Å². The lowest BCUT2D eigenvalue weighted by Crippen LogP contribution is -2.31. The first-order valence-corrected chi connectivity index (χ1v) is 6.22. The van der Waals surface area contributed by atoms with Crippen molar-refractivity contribution in [2.75, 3.05) is 0 Å². The van der Waals surface area contributed by atoms with E-state index in [0.717, 1.165) is 19.3 Å². The number of hydrogen-bond acceptors (Lipinski definition) is 2. The van der Waals surface area contributed by atoms with E-state index in [9.17, 15) is 4.79 Å². The van der Waals surface area contributed by atoms with E-state index in [1.807, 2.05) is 6.92 Å². The Kier molecular flexibility index (Phi) is 4.67. The molecule has 0 radical (unpaired) electrons. The molecule has 1 atom stereocenters. The third-order valence-corrected chi connectivity index (χ3v) is 3.26. The number of carbonyl (C=O) groups excluding carboxylic acids is 1. The fraction of sp³-hybridized carbons (Fsp3) is 0.571. The van der Waals surface area contributed by atoms with Crippen molar-refractivity contribution >= 4 is 5.91 Å². The van der Waals surface area contributed by atoms with Crippen molar-refractivity contribution < 1.29 is 4.79 Å². The first kappa shape index (κ1) is 13.7. The summed E-state index contributed by atoms with van der Waals surface area (Å²) < 4.78 is 1.59. The van der Waals surface area contributed by atoms with Gasteiger partial charge in [0.05, 0.1) is 5.41 Å². The van der Waals surface area contributed by atoms with Crippen LogP contribution in [0.2, 0.25) is 0 Å². The van der Waals surface area contributed by atoms with Crippen LogP contribution in [0, 0.1) is 5.41 Å². The average molecular weight is 234 g/mol. The van der Waals surface area contributed by atoms with Gasteiger partial charge < -0.3 is 0 Å². The summed E-state index contributed by atoms with van der Waals surface area (Å²) >= 11 is 0. The van der Waals surface area contributed by atoms with Crippen molar-refractivity contribution in [3.8, 4) is 0 Å². The Bertz CT molecular complexity index is 392. The Hall–Kier alpha value is -1.38. The maximum atomic E-state index is 12.4. The molecule has 0 fully saturated rings. The zero-order chi connectivity index (χ0) is 12.9. The summed E-state index contributed by atoms with van der Waals surface area (Å²) in [5, 5.41) is 0. The minimum atomic E-state index is -0.337. The third kappa shape index (κ3) is 3.29. The zero-order valence-electron chi connectivity index (χ0n) is 11.2. The van der Waals surface area contributed by atoms with Crippen molar-refractivity contribution in [2.45, 2.75) is 47.0 Å². The van der Waals surface area contributed by atoms with Crippen molar-refractivity contribution in [1.29, 1.82) is 0 Å². The van der Waals surface area contributed by atoms with Gasteiger partial charge in [0.2, 0.25) is 5.91 Å². The fourth-order valence-corrected chi connectivity index (χ4v) is 2.08. The van der Waals surface area contributed by atoms with Crippen LogP contribution in [0.25, 0.3) is 0 Å². The fourth-order valence-electron chi connectivity index (χ4n) is 2.08. The largest absolute Gasteiger partial charge is 0.276 e. The van der Waals surface area contributed by atoms with E-state index in [4.69, 9.17) is 0 Å². The van der Waals surface area contributed by atoms with Gasteiger partial charge in [-0.25, -0.2) is 4.98 Å². The van der Waals surface area contributed by atoms with Crippen LogP contribution in [0.1, 0.15) is 51.8 Å². The molecule has 1 heterocycles. The lowest BCUT2D eigenvalue weighted by Gasteiger charge is -2.27. The molecule has 1 aromatic heterocycles. The molecule has 1 rings (SSSR count). The Balaban J connectivity index is 2.88. The molecule has 0 spiro atoms. The Labute approximate surface area is 104 Å². The van der Waals surface area contributed by atoms with Gasteiger partial charge in [0.1, 0.15) is 6.33 Å². The van der Waals surface area contributed by atoms with Gasteiger partial charge in [-0.15, -0.1) is 0 Å². The highest BCUT2D eigenvalue weighted by Crippen LogP contribution is 2.31. The second-order valence-electron chi connectivity index (χ2n) is 4.82. The highest BCUT2D eigenvalue weighted by Gasteiger charge is 2.32. The van der Waals surface area contributed by atoms with E-state index in [2.05, 4.69) is 31.8 Å². The van der Waals surface area contributed by atoms with Gasteiger partial charge in [0.25, 0.3) is 0 Å². The van der Waals surface area contributed by atoms with Crippen molar-refractivity contribution in [3.05, 3.63) is 30.4 Å². The molecule has 0 saturated heterocycles. The highest BCUT2D eigenvalue weighted by molar-refractivity contribution is 5.84. The quantitative estimate of drug-likeness (QED) is 0.728. The molecule has 0 aliphatic carbocycles. The molecule has 0 N–H and O–H groups in total. The molecule has 0 bridgehead atoms. The molecule has 0 aliphatic rings. The molecule has 0 aliphatic heterocycles. The molecular weight excluding hydrogens is 212 g/mol. The molecule has 0 saturated carbocycles. The maximum Gasteiger partial charge on any atom is 0.238 e. The van der Waals surface area contributed by atoms with Crippen molar-refractivity contribution in [1.82, 2.24) is 9.55 Å². The van der Waals surface area contributed by atoms with Crippen LogP contribution in [0.3, 0.4) is 0 Å². The summed E-state index contributed by atoms with van der Waals surface area (Å²) in [4.78, 5) is 16.3. The summed E-state index contributed by atoms with van der Waals surface area (Å²) in [6, 6.07) is 0. The van der Waals surface area contributed by atoms with Gasteiger partial charge in [-0.05, 0) is 26.2 Å². The number of carbonyl (C=O) groups is 1. The minimum absolute atomic E-state index is 0.126. The van der Waals surface area contributed by atoms with Crippen LogP contribution in [-0.2, 0) is 0 Å². The van der Waals surface area contributed by atoms with Crippen LogP contribution in [0.4, 0.5) is 0 Å². The lowest BCUT2D eigenvalue weighted by molar-refractivity contribution is 0.0713. The van der Waals surface area contributed by atoms with E-state index in [1.54, 1.807) is 23.3 Å². The zero-order valence-corrected chi connectivity index (χ0v) is 11.2. The topological polar surface area (TPSA) is 34.9 Å². The van der Waals surface area contributed by atoms with Gasteiger partial charge >= 0.3 is 0 Å². The molecule has 17 heavy (non-hydrogen) atoms. The normalized spacial score (nSPS) is 15.6. The Morgan fingerprint density at radius 3 is 2.65 bits per heavy atom. The molecule has 94 valence electrons. The van der Waals surface area contributed by atoms with Gasteiger partial charge in [-0.3, -0.25) is 9.36 Å². The number of imidazole rings is 1. The minimum Gasteiger partial charge on any atom is -0.276 e. The standard InChI is InChI=1S/C14H22N2O/c1-5-7-12(3)10-14(4,6-2)13(17)16-9-8-15-11-16/h7-9,11H,5-6,10H2,1-4H3. The number of allylic oxidation sites excluding steroid dienone is 2. The number of hydrogen-bond donors (Lipinski definition) is 0. The Morgan fingerprint density at radius 1 is 1.47 bits per heavy atom. The van der Waals surface area contributed by atoms with Gasteiger partial charge in [0, 0.05) is 12.4 Å². The first-order valence-electron chi connectivity index (χ1n) is 6.22. The molecule has 3 heteroatoms. The smallest absolute Gasteiger partial charge is 0.238 e.